The van der Waals surface area contributed by atoms with Crippen LogP contribution in [0.25, 0.3) is 0 Å². The molecule has 16 heteroatoms. The minimum absolute atomic E-state index is 1.32. The first kappa shape index (κ1) is 20.9. The molecule has 0 bridgehead atoms. The molecule has 0 saturated heterocycles. The van der Waals surface area contributed by atoms with Crippen molar-refractivity contribution in [2.45, 2.75) is 36.8 Å². The number of ether oxygens (including phenoxy) is 2. The zero-order chi connectivity index (χ0) is 18.4. The SMILES string of the molecule is FC(F)(F)OC(F)(F)C(F)(OC(F)(F)C(F)(F)F)C(F)(F)F. The quantitative estimate of drug-likeness (QED) is 0.678. The van der Waals surface area contributed by atoms with Gasteiger partial charge in [-0.1, -0.05) is 0 Å². The number of alkyl halides is 14. The molecular weight excluding hydrogens is 370 g/mol. The Bertz CT molecular complexity index is 390. The van der Waals surface area contributed by atoms with Crippen molar-refractivity contribution in [3.63, 3.8) is 0 Å². The van der Waals surface area contributed by atoms with Crippen LogP contribution in [0.4, 0.5) is 61.5 Å². The fraction of sp³-hybridized carbons (Fsp3) is 1.00. The second-order valence-corrected chi connectivity index (χ2v) is 3.27. The standard InChI is InChI=1S/C6F14O2/c7-1(2(8,9)10,4(14,15)22-6(18,19)20)21-5(16,17)3(11,12)13. The van der Waals surface area contributed by atoms with E-state index in [-0.39, 0.29) is 0 Å². The molecule has 0 aromatic heterocycles. The van der Waals surface area contributed by atoms with Gasteiger partial charge in [-0.05, 0) is 0 Å². The van der Waals surface area contributed by atoms with Gasteiger partial charge in [0.1, 0.15) is 0 Å². The molecule has 22 heavy (non-hydrogen) atoms. The highest BCUT2D eigenvalue weighted by Gasteiger charge is 2.81. The first-order valence-corrected chi connectivity index (χ1v) is 4.21. The molecule has 0 aliphatic carbocycles. The summed E-state index contributed by atoms with van der Waals surface area (Å²) in [6.45, 7) is 0. The Morgan fingerprint density at radius 1 is 0.409 bits per heavy atom. The third-order valence-electron chi connectivity index (χ3n) is 1.58. The van der Waals surface area contributed by atoms with Gasteiger partial charge < -0.3 is 0 Å². The van der Waals surface area contributed by atoms with Crippen molar-refractivity contribution >= 4 is 0 Å². The molecule has 134 valence electrons. The molecule has 1 unspecified atom stereocenters. The third kappa shape index (κ3) is 4.23. The molecule has 0 N–H and O–H groups in total. The van der Waals surface area contributed by atoms with Crippen LogP contribution in [-0.4, -0.2) is 36.8 Å². The summed E-state index contributed by atoms with van der Waals surface area (Å²) in [6.07, 6.45) is -35.9. The van der Waals surface area contributed by atoms with E-state index in [1.807, 2.05) is 0 Å². The molecular formula is C6F14O2. The van der Waals surface area contributed by atoms with Crippen LogP contribution in [0.2, 0.25) is 0 Å². The number of hydrogen-bond acceptors (Lipinski definition) is 2. The molecule has 0 heterocycles. The van der Waals surface area contributed by atoms with Crippen molar-refractivity contribution < 1.29 is 70.9 Å². The highest BCUT2D eigenvalue weighted by atomic mass is 19.4. The van der Waals surface area contributed by atoms with E-state index in [0.29, 0.717) is 0 Å². The van der Waals surface area contributed by atoms with E-state index in [1.54, 1.807) is 0 Å². The van der Waals surface area contributed by atoms with Crippen molar-refractivity contribution in [1.82, 2.24) is 0 Å². The number of halogens is 14. The first-order valence-electron chi connectivity index (χ1n) is 4.21. The lowest BCUT2D eigenvalue weighted by Gasteiger charge is -2.36. The molecule has 0 aliphatic rings. The van der Waals surface area contributed by atoms with Gasteiger partial charge in [0.2, 0.25) is 0 Å². The number of hydrogen-bond donors (Lipinski definition) is 0. The molecule has 0 fully saturated rings. The van der Waals surface area contributed by atoms with Crippen LogP contribution in [0, 0.1) is 0 Å². The Morgan fingerprint density at radius 2 is 0.773 bits per heavy atom. The fourth-order valence-corrected chi connectivity index (χ4v) is 0.728. The van der Waals surface area contributed by atoms with Crippen LogP contribution in [0.1, 0.15) is 0 Å². The van der Waals surface area contributed by atoms with Crippen molar-refractivity contribution in [2.24, 2.45) is 0 Å². The monoisotopic (exact) mass is 370 g/mol. The predicted molar refractivity (Wildman–Crippen MR) is 34.1 cm³/mol. The van der Waals surface area contributed by atoms with Crippen LogP contribution in [0.5, 0.6) is 0 Å². The topological polar surface area (TPSA) is 18.5 Å². The van der Waals surface area contributed by atoms with E-state index < -0.39 is 36.8 Å². The third-order valence-corrected chi connectivity index (χ3v) is 1.58. The first-order chi connectivity index (χ1) is 9.16. The maximum atomic E-state index is 12.9. The van der Waals surface area contributed by atoms with Gasteiger partial charge in [-0.3, -0.25) is 4.74 Å². The van der Waals surface area contributed by atoms with Gasteiger partial charge in [0.15, 0.2) is 0 Å². The van der Waals surface area contributed by atoms with Gasteiger partial charge in [0.25, 0.3) is 0 Å². The Labute approximate surface area is 109 Å². The Hall–Kier alpha value is -1.06. The Morgan fingerprint density at radius 3 is 1.00 bits per heavy atom. The lowest BCUT2D eigenvalue weighted by molar-refractivity contribution is -0.556. The Kier molecular flexibility index (Phi) is 4.99. The zero-order valence-electron chi connectivity index (χ0n) is 9.11. The normalized spacial score (nSPS) is 18.3. The van der Waals surface area contributed by atoms with Gasteiger partial charge in [-0.15, -0.1) is 13.2 Å². The van der Waals surface area contributed by atoms with Crippen LogP contribution >= 0.6 is 0 Å². The molecule has 0 aromatic rings. The Balaban J connectivity index is 5.93. The average Bonchev–Trinajstić information content (AvgIpc) is 2.08. The van der Waals surface area contributed by atoms with Crippen molar-refractivity contribution in [3.8, 4) is 0 Å². The van der Waals surface area contributed by atoms with E-state index in [2.05, 4.69) is 0 Å². The van der Waals surface area contributed by atoms with Gasteiger partial charge in [0.05, 0.1) is 0 Å². The van der Waals surface area contributed by atoms with Crippen molar-refractivity contribution in [2.75, 3.05) is 0 Å². The molecule has 0 aromatic carbocycles. The highest BCUT2D eigenvalue weighted by Crippen LogP contribution is 2.53. The molecule has 0 aliphatic heterocycles. The second-order valence-electron chi connectivity index (χ2n) is 3.27. The summed E-state index contributed by atoms with van der Waals surface area (Å²) in [6, 6.07) is 0. The lowest BCUT2D eigenvalue weighted by atomic mass is 10.2. The van der Waals surface area contributed by atoms with E-state index >= 15 is 0 Å². The largest absolute Gasteiger partial charge is 0.527 e. The van der Waals surface area contributed by atoms with Crippen LogP contribution in [0.3, 0.4) is 0 Å². The molecule has 1 atom stereocenters. The summed E-state index contributed by atoms with van der Waals surface area (Å²) in [7, 11) is 0. The van der Waals surface area contributed by atoms with E-state index in [1.165, 1.54) is 9.47 Å². The molecule has 0 amide bonds. The second kappa shape index (κ2) is 5.24. The minimum atomic E-state index is -7.46. The van der Waals surface area contributed by atoms with E-state index in [9.17, 15) is 61.5 Å². The smallest absolute Gasteiger partial charge is 0.260 e. The van der Waals surface area contributed by atoms with Gasteiger partial charge in [-0.2, -0.15) is 48.3 Å². The van der Waals surface area contributed by atoms with Crippen LogP contribution in [-0.2, 0) is 9.47 Å². The van der Waals surface area contributed by atoms with E-state index in [0.717, 1.165) is 0 Å². The predicted octanol–water partition coefficient (Wildman–Crippen LogP) is 4.52. The van der Waals surface area contributed by atoms with E-state index in [4.69, 9.17) is 0 Å². The van der Waals surface area contributed by atoms with Crippen molar-refractivity contribution in [3.05, 3.63) is 0 Å². The molecule has 0 radical (unpaired) electrons. The highest BCUT2D eigenvalue weighted by molar-refractivity contribution is 4.89. The zero-order valence-corrected chi connectivity index (χ0v) is 9.11. The minimum Gasteiger partial charge on any atom is -0.260 e. The summed E-state index contributed by atoms with van der Waals surface area (Å²) in [5.74, 6) is -7.46. The fourth-order valence-electron chi connectivity index (χ4n) is 0.728. The summed E-state index contributed by atoms with van der Waals surface area (Å²) >= 11 is 0. The summed E-state index contributed by atoms with van der Waals surface area (Å²) in [4.78, 5) is 0. The molecule has 0 saturated carbocycles. The van der Waals surface area contributed by atoms with Gasteiger partial charge in [0, 0.05) is 0 Å². The molecule has 0 spiro atoms. The lowest BCUT2D eigenvalue weighted by Crippen LogP contribution is -2.63. The maximum absolute atomic E-state index is 12.9. The van der Waals surface area contributed by atoms with Gasteiger partial charge in [-0.25, -0.2) is 4.74 Å². The average molecular weight is 370 g/mol. The van der Waals surface area contributed by atoms with Crippen LogP contribution < -0.4 is 0 Å². The van der Waals surface area contributed by atoms with Crippen LogP contribution in [0.15, 0.2) is 0 Å². The van der Waals surface area contributed by atoms with Gasteiger partial charge >= 0.3 is 36.8 Å². The molecule has 0 rings (SSSR count). The van der Waals surface area contributed by atoms with Crippen molar-refractivity contribution in [1.29, 1.82) is 0 Å². The summed E-state index contributed by atoms with van der Waals surface area (Å²) in [5, 5.41) is 0. The maximum Gasteiger partial charge on any atom is 0.527 e. The number of rotatable bonds is 4. The molecule has 2 nitrogen and oxygen atoms in total. The summed E-state index contributed by atoms with van der Waals surface area (Å²) in [5.41, 5.74) is 0. The summed E-state index contributed by atoms with van der Waals surface area (Å²) < 4.78 is 170.